The van der Waals surface area contributed by atoms with Crippen LogP contribution in [-0.2, 0) is 0 Å². The zero-order valence-electron chi connectivity index (χ0n) is 12.4. The number of rotatable bonds is 4. The third-order valence-electron chi connectivity index (χ3n) is 2.76. The second-order valence-corrected chi connectivity index (χ2v) is 10.9. The predicted octanol–water partition coefficient (Wildman–Crippen LogP) is 5.17. The largest absolute Gasteiger partial charge is 0.349 e. The van der Waals surface area contributed by atoms with Gasteiger partial charge < -0.3 is 5.32 Å². The van der Waals surface area contributed by atoms with E-state index in [1.165, 1.54) is 0 Å². The van der Waals surface area contributed by atoms with Crippen LogP contribution in [0.3, 0.4) is 0 Å². The molecule has 1 N–H and O–H groups in total. The summed E-state index contributed by atoms with van der Waals surface area (Å²) >= 11 is 0. The van der Waals surface area contributed by atoms with Crippen LogP contribution in [0.15, 0.2) is 72.1 Å². The molecule has 0 spiro atoms. The van der Waals surface area contributed by atoms with Crippen LogP contribution in [0.1, 0.15) is 5.56 Å². The van der Waals surface area contributed by atoms with Crippen molar-refractivity contribution < 1.29 is 0 Å². The van der Waals surface area contributed by atoms with Gasteiger partial charge in [-0.2, -0.15) is 0 Å². The number of hydrogen-bond acceptors (Lipinski definition) is 1. The molecular formula is C18H21NSi. The van der Waals surface area contributed by atoms with Gasteiger partial charge in [0.15, 0.2) is 0 Å². The first-order valence-corrected chi connectivity index (χ1v) is 10.5. The highest BCUT2D eigenvalue weighted by Crippen LogP contribution is 2.17. The van der Waals surface area contributed by atoms with Gasteiger partial charge in [0, 0.05) is 11.3 Å². The van der Waals surface area contributed by atoms with Crippen molar-refractivity contribution in [2.45, 2.75) is 19.6 Å². The van der Waals surface area contributed by atoms with E-state index < -0.39 is 8.07 Å². The molecule has 2 aromatic carbocycles. The summed E-state index contributed by atoms with van der Waals surface area (Å²) < 4.78 is 0. The summed E-state index contributed by atoms with van der Waals surface area (Å²) in [5.41, 5.74) is 8.98. The first kappa shape index (κ1) is 14.4. The monoisotopic (exact) mass is 279 g/mol. The van der Waals surface area contributed by atoms with Gasteiger partial charge in [-0.15, -0.1) is 5.73 Å². The van der Waals surface area contributed by atoms with Crippen molar-refractivity contribution in [3.05, 3.63) is 77.7 Å². The lowest BCUT2D eigenvalue weighted by Crippen LogP contribution is -2.15. The van der Waals surface area contributed by atoms with Gasteiger partial charge in [0.2, 0.25) is 0 Å². The summed E-state index contributed by atoms with van der Waals surface area (Å²) in [6.45, 7) is 6.93. The molecule has 20 heavy (non-hydrogen) atoms. The quantitative estimate of drug-likeness (QED) is 0.601. The fraction of sp³-hybridized carbons (Fsp3) is 0.167. The van der Waals surface area contributed by atoms with Gasteiger partial charge in [-0.1, -0.05) is 73.9 Å². The van der Waals surface area contributed by atoms with Crippen LogP contribution in [0.4, 0.5) is 5.69 Å². The first-order valence-electron chi connectivity index (χ1n) is 6.90. The molecule has 0 aliphatic rings. The summed E-state index contributed by atoms with van der Waals surface area (Å²) in [5.74, 6) is 0. The van der Waals surface area contributed by atoms with Crippen molar-refractivity contribution in [2.24, 2.45) is 0 Å². The van der Waals surface area contributed by atoms with Gasteiger partial charge in [0.25, 0.3) is 0 Å². The number of para-hydroxylation sites is 1. The molecule has 1 nitrogen and oxygen atoms in total. The minimum absolute atomic E-state index is 1.03. The second kappa shape index (κ2) is 6.42. The lowest BCUT2D eigenvalue weighted by molar-refractivity contribution is 1.53. The first-order chi connectivity index (χ1) is 9.54. The van der Waals surface area contributed by atoms with Crippen molar-refractivity contribution in [3.63, 3.8) is 0 Å². The van der Waals surface area contributed by atoms with Gasteiger partial charge in [-0.05, 0) is 12.1 Å². The van der Waals surface area contributed by atoms with E-state index >= 15 is 0 Å². The third kappa shape index (κ3) is 4.58. The Bertz CT molecular complexity index is 603. The fourth-order valence-electron chi connectivity index (χ4n) is 1.75. The van der Waals surface area contributed by atoms with Crippen LogP contribution >= 0.6 is 0 Å². The normalized spacial score (nSPS) is 10.6. The number of hydrogen-bond donors (Lipinski definition) is 1. The molecule has 0 atom stereocenters. The summed E-state index contributed by atoms with van der Waals surface area (Å²) in [6, 6.07) is 20.6. The molecule has 0 aromatic heterocycles. The number of anilines is 1. The van der Waals surface area contributed by atoms with E-state index in [1.54, 1.807) is 0 Å². The maximum atomic E-state index is 3.47. The topological polar surface area (TPSA) is 12.0 Å². The molecule has 0 amide bonds. The standard InChI is InChI=1S/C18H21NSi/c1-20(2,3)15-14-18(16-10-6-4-7-11-16)19-17-12-8-5-9-13-17/h4-13,15,19H,1-3H3. The SMILES string of the molecule is C[Si](C)(C)C=C=C(Nc1ccccc1)c1ccccc1. The van der Waals surface area contributed by atoms with E-state index in [9.17, 15) is 0 Å². The molecule has 0 saturated heterocycles. The van der Waals surface area contributed by atoms with Gasteiger partial charge in [0.05, 0.1) is 13.8 Å². The fourth-order valence-corrected chi connectivity index (χ4v) is 2.33. The minimum Gasteiger partial charge on any atom is -0.349 e. The second-order valence-electron chi connectivity index (χ2n) is 5.89. The molecule has 0 aliphatic heterocycles. The Morgan fingerprint density at radius 3 is 2.00 bits per heavy atom. The number of nitrogens with one attached hydrogen (secondary N) is 1. The highest BCUT2D eigenvalue weighted by Gasteiger charge is 2.07. The molecule has 2 aromatic rings. The van der Waals surface area contributed by atoms with E-state index in [-0.39, 0.29) is 0 Å². The highest BCUT2D eigenvalue weighted by atomic mass is 28.3. The molecule has 0 unspecified atom stereocenters. The van der Waals surface area contributed by atoms with E-state index in [0.717, 1.165) is 16.9 Å². The molecule has 0 aliphatic carbocycles. The molecule has 0 fully saturated rings. The Balaban J connectivity index is 2.38. The van der Waals surface area contributed by atoms with Crippen LogP contribution in [0.2, 0.25) is 19.6 Å². The molecule has 0 saturated carbocycles. The van der Waals surface area contributed by atoms with Gasteiger partial charge in [0.1, 0.15) is 0 Å². The number of benzene rings is 2. The molecule has 0 bridgehead atoms. The smallest absolute Gasteiger partial charge is 0.0884 e. The Morgan fingerprint density at radius 1 is 0.900 bits per heavy atom. The van der Waals surface area contributed by atoms with Crippen LogP contribution in [0.5, 0.6) is 0 Å². The Hall–Kier alpha value is -2.02. The van der Waals surface area contributed by atoms with E-state index in [1.807, 2.05) is 24.3 Å². The summed E-state index contributed by atoms with van der Waals surface area (Å²) in [5, 5.41) is 3.46. The average Bonchev–Trinajstić information content (AvgIpc) is 2.44. The van der Waals surface area contributed by atoms with Gasteiger partial charge in [-0.3, -0.25) is 0 Å². The third-order valence-corrected chi connectivity index (χ3v) is 3.77. The predicted molar refractivity (Wildman–Crippen MR) is 91.3 cm³/mol. The maximum Gasteiger partial charge on any atom is 0.0884 e. The molecule has 102 valence electrons. The highest BCUT2D eigenvalue weighted by molar-refractivity contribution is 6.80. The summed E-state index contributed by atoms with van der Waals surface area (Å²) in [4.78, 5) is 0. The van der Waals surface area contributed by atoms with Crippen molar-refractivity contribution >= 4 is 19.5 Å². The van der Waals surface area contributed by atoms with Crippen LogP contribution in [-0.4, -0.2) is 8.07 Å². The molecule has 0 radical (unpaired) electrons. The zero-order valence-corrected chi connectivity index (χ0v) is 13.4. The van der Waals surface area contributed by atoms with Crippen molar-refractivity contribution in [3.8, 4) is 0 Å². The summed E-state index contributed by atoms with van der Waals surface area (Å²) in [6.07, 6.45) is 0. The van der Waals surface area contributed by atoms with Crippen molar-refractivity contribution in [2.75, 3.05) is 5.32 Å². The van der Waals surface area contributed by atoms with Gasteiger partial charge >= 0.3 is 0 Å². The molecule has 2 heteroatoms. The van der Waals surface area contributed by atoms with Crippen molar-refractivity contribution in [1.29, 1.82) is 0 Å². The lowest BCUT2D eigenvalue weighted by atomic mass is 10.1. The van der Waals surface area contributed by atoms with E-state index in [2.05, 4.69) is 72.8 Å². The van der Waals surface area contributed by atoms with Crippen molar-refractivity contribution in [1.82, 2.24) is 0 Å². The van der Waals surface area contributed by atoms with E-state index in [0.29, 0.717) is 0 Å². The van der Waals surface area contributed by atoms with Crippen LogP contribution < -0.4 is 5.32 Å². The Kier molecular flexibility index (Phi) is 4.62. The maximum absolute atomic E-state index is 3.47. The molecular weight excluding hydrogens is 258 g/mol. The van der Waals surface area contributed by atoms with Crippen LogP contribution in [0, 0.1) is 0 Å². The van der Waals surface area contributed by atoms with Crippen LogP contribution in [0.25, 0.3) is 5.70 Å². The minimum atomic E-state index is -1.27. The Morgan fingerprint density at radius 2 is 1.45 bits per heavy atom. The molecule has 2 rings (SSSR count). The summed E-state index contributed by atoms with van der Waals surface area (Å²) in [7, 11) is -1.27. The average molecular weight is 279 g/mol. The molecule has 0 heterocycles. The zero-order chi connectivity index (χ0) is 14.4. The van der Waals surface area contributed by atoms with E-state index in [4.69, 9.17) is 0 Å². The lowest BCUT2D eigenvalue weighted by Gasteiger charge is -2.11. The Labute approximate surface area is 122 Å². The van der Waals surface area contributed by atoms with Gasteiger partial charge in [-0.25, -0.2) is 0 Å².